The van der Waals surface area contributed by atoms with Crippen molar-refractivity contribution in [2.24, 2.45) is 0 Å². The maximum atomic E-state index is 12.0. The predicted octanol–water partition coefficient (Wildman–Crippen LogP) is 4.17. The molecule has 0 aliphatic carbocycles. The summed E-state index contributed by atoms with van der Waals surface area (Å²) in [6.45, 7) is 0.317. The molecule has 0 saturated carbocycles. The van der Waals surface area contributed by atoms with Crippen LogP contribution in [-0.2, 0) is 15.3 Å². The smallest absolute Gasteiger partial charge is 0.348 e. The number of nitrogens with one attached hydrogen (secondary N) is 1. The van der Waals surface area contributed by atoms with Crippen LogP contribution in [0.5, 0.6) is 0 Å². The Labute approximate surface area is 158 Å². The van der Waals surface area contributed by atoms with Crippen molar-refractivity contribution in [1.82, 2.24) is 5.32 Å². The molecule has 0 aliphatic rings. The van der Waals surface area contributed by atoms with Crippen LogP contribution in [0.3, 0.4) is 0 Å². The fraction of sp³-hybridized carbons (Fsp3) is 0.222. The van der Waals surface area contributed by atoms with Crippen LogP contribution in [0.25, 0.3) is 10.1 Å². The van der Waals surface area contributed by atoms with E-state index in [-0.39, 0.29) is 12.5 Å². The highest BCUT2D eigenvalue weighted by molar-refractivity contribution is 7.98. The van der Waals surface area contributed by atoms with Crippen LogP contribution >= 0.6 is 34.4 Å². The molecule has 0 atom stereocenters. The van der Waals surface area contributed by atoms with E-state index in [9.17, 15) is 9.59 Å². The minimum absolute atomic E-state index is 0.247. The zero-order chi connectivity index (χ0) is 17.5. The van der Waals surface area contributed by atoms with Crippen molar-refractivity contribution in [3.8, 4) is 0 Å². The number of rotatable bonds is 8. The molecule has 0 unspecified atom stereocenters. The zero-order valence-corrected chi connectivity index (χ0v) is 15.8. The lowest BCUT2D eigenvalue weighted by molar-refractivity contribution is -0.124. The number of hydrogen-bond acceptors (Lipinski definition) is 6. The molecule has 130 valence electrons. The molecule has 4 nitrogen and oxygen atoms in total. The standard InChI is InChI=1S/C18H17NO3S3/c20-17(19-7-9-23-12-14-5-3-8-24-14)11-22-18(21)16-10-13-4-1-2-6-15(13)25-16/h1-6,8,10H,7,9,11-12H2,(H,19,20). The van der Waals surface area contributed by atoms with Gasteiger partial charge in [-0.25, -0.2) is 4.79 Å². The highest BCUT2D eigenvalue weighted by Gasteiger charge is 2.13. The summed E-state index contributed by atoms with van der Waals surface area (Å²) >= 11 is 4.87. The van der Waals surface area contributed by atoms with Crippen LogP contribution in [-0.4, -0.2) is 30.8 Å². The highest BCUT2D eigenvalue weighted by Crippen LogP contribution is 2.25. The second-order valence-electron chi connectivity index (χ2n) is 5.21. The van der Waals surface area contributed by atoms with E-state index in [1.807, 2.05) is 30.3 Å². The quantitative estimate of drug-likeness (QED) is 0.463. The molecule has 0 radical (unpaired) electrons. The normalized spacial score (nSPS) is 10.7. The van der Waals surface area contributed by atoms with E-state index >= 15 is 0 Å². The third-order valence-corrected chi connectivity index (χ3v) is 6.52. The van der Waals surface area contributed by atoms with Gasteiger partial charge in [0.1, 0.15) is 4.88 Å². The SMILES string of the molecule is O=C(COC(=O)c1cc2ccccc2s1)NCCSCc1cccs1. The number of carbonyl (C=O) groups excluding carboxylic acids is 2. The van der Waals surface area contributed by atoms with Gasteiger partial charge in [0, 0.05) is 27.6 Å². The van der Waals surface area contributed by atoms with E-state index in [1.165, 1.54) is 16.2 Å². The first kappa shape index (κ1) is 18.0. The Kier molecular flexibility index (Phi) is 6.49. The minimum atomic E-state index is -0.455. The lowest BCUT2D eigenvalue weighted by Crippen LogP contribution is -2.30. The average molecular weight is 392 g/mol. The molecule has 0 fully saturated rings. The fourth-order valence-corrected chi connectivity index (χ4v) is 4.82. The molecule has 25 heavy (non-hydrogen) atoms. The molecular weight excluding hydrogens is 374 g/mol. The topological polar surface area (TPSA) is 55.4 Å². The summed E-state index contributed by atoms with van der Waals surface area (Å²) in [7, 11) is 0. The number of carbonyl (C=O) groups is 2. The first-order chi connectivity index (χ1) is 12.2. The summed E-state index contributed by atoms with van der Waals surface area (Å²) in [6, 6.07) is 13.7. The van der Waals surface area contributed by atoms with E-state index in [4.69, 9.17) is 4.74 Å². The Morgan fingerprint density at radius 2 is 2.04 bits per heavy atom. The van der Waals surface area contributed by atoms with Crippen LogP contribution in [0, 0.1) is 0 Å². The van der Waals surface area contributed by atoms with Crippen LogP contribution in [0.15, 0.2) is 47.8 Å². The van der Waals surface area contributed by atoms with E-state index < -0.39 is 5.97 Å². The highest BCUT2D eigenvalue weighted by atomic mass is 32.2. The lowest BCUT2D eigenvalue weighted by atomic mass is 10.2. The number of benzene rings is 1. The molecule has 3 aromatic rings. The molecule has 3 rings (SSSR count). The molecule has 0 spiro atoms. The van der Waals surface area contributed by atoms with Crippen molar-refractivity contribution in [2.75, 3.05) is 18.9 Å². The van der Waals surface area contributed by atoms with Gasteiger partial charge in [-0.3, -0.25) is 4.79 Å². The van der Waals surface area contributed by atoms with Crippen molar-refractivity contribution in [1.29, 1.82) is 0 Å². The molecule has 7 heteroatoms. The van der Waals surface area contributed by atoms with Crippen molar-refractivity contribution < 1.29 is 14.3 Å². The van der Waals surface area contributed by atoms with E-state index in [0.717, 1.165) is 21.6 Å². The zero-order valence-electron chi connectivity index (χ0n) is 13.4. The van der Waals surface area contributed by atoms with Gasteiger partial charge in [-0.15, -0.1) is 22.7 Å². The first-order valence-electron chi connectivity index (χ1n) is 7.75. The van der Waals surface area contributed by atoms with E-state index in [1.54, 1.807) is 29.2 Å². The summed E-state index contributed by atoms with van der Waals surface area (Å²) in [5, 5.41) is 5.83. The molecule has 0 bridgehead atoms. The van der Waals surface area contributed by atoms with E-state index in [0.29, 0.717) is 11.4 Å². The average Bonchev–Trinajstić information content (AvgIpc) is 3.28. The number of hydrogen-bond donors (Lipinski definition) is 1. The maximum absolute atomic E-state index is 12.0. The monoisotopic (exact) mass is 391 g/mol. The van der Waals surface area contributed by atoms with Gasteiger partial charge in [-0.1, -0.05) is 24.3 Å². The van der Waals surface area contributed by atoms with E-state index in [2.05, 4.69) is 16.8 Å². The minimum Gasteiger partial charge on any atom is -0.451 e. The first-order valence-corrected chi connectivity index (χ1v) is 10.6. The van der Waals surface area contributed by atoms with Crippen LogP contribution < -0.4 is 5.32 Å². The Morgan fingerprint density at radius 3 is 2.84 bits per heavy atom. The van der Waals surface area contributed by atoms with Gasteiger partial charge in [0.25, 0.3) is 5.91 Å². The molecule has 0 saturated heterocycles. The number of fused-ring (bicyclic) bond motifs is 1. The van der Waals surface area contributed by atoms with Gasteiger partial charge in [-0.05, 0) is 29.0 Å². The van der Waals surface area contributed by atoms with Gasteiger partial charge in [-0.2, -0.15) is 11.8 Å². The Bertz CT molecular complexity index is 809. The fourth-order valence-electron chi connectivity index (χ4n) is 2.17. The van der Waals surface area contributed by atoms with Crippen LogP contribution in [0.2, 0.25) is 0 Å². The summed E-state index contributed by atoms with van der Waals surface area (Å²) < 4.78 is 6.12. The van der Waals surface area contributed by atoms with Crippen molar-refractivity contribution in [2.45, 2.75) is 5.75 Å². The van der Waals surface area contributed by atoms with Gasteiger partial charge < -0.3 is 10.1 Å². The summed E-state index contributed by atoms with van der Waals surface area (Å²) in [5.74, 6) is 1.05. The Hall–Kier alpha value is -1.83. The number of thiophene rings is 2. The molecule has 2 aromatic heterocycles. The maximum Gasteiger partial charge on any atom is 0.348 e. The molecule has 1 aromatic carbocycles. The van der Waals surface area contributed by atoms with Crippen molar-refractivity contribution >= 4 is 56.4 Å². The number of esters is 1. The number of ether oxygens (including phenoxy) is 1. The molecular formula is C18H17NO3S3. The third kappa shape index (κ3) is 5.32. The predicted molar refractivity (Wildman–Crippen MR) is 106 cm³/mol. The lowest BCUT2D eigenvalue weighted by Gasteiger charge is -2.05. The summed E-state index contributed by atoms with van der Waals surface area (Å²) in [4.78, 5) is 25.6. The second kappa shape index (κ2) is 9.03. The van der Waals surface area contributed by atoms with Crippen LogP contribution in [0.4, 0.5) is 0 Å². The number of thioether (sulfide) groups is 1. The van der Waals surface area contributed by atoms with Gasteiger partial charge in [0.15, 0.2) is 6.61 Å². The number of amides is 1. The van der Waals surface area contributed by atoms with Gasteiger partial charge in [0.2, 0.25) is 0 Å². The van der Waals surface area contributed by atoms with Crippen molar-refractivity contribution in [3.05, 3.63) is 57.6 Å². The Morgan fingerprint density at radius 1 is 1.16 bits per heavy atom. The largest absolute Gasteiger partial charge is 0.451 e. The Balaban J connectivity index is 1.34. The van der Waals surface area contributed by atoms with Crippen molar-refractivity contribution in [3.63, 3.8) is 0 Å². The molecule has 1 amide bonds. The summed E-state index contributed by atoms with van der Waals surface area (Å²) in [5.41, 5.74) is 0. The summed E-state index contributed by atoms with van der Waals surface area (Å²) in [6.07, 6.45) is 0. The molecule has 2 heterocycles. The molecule has 0 aliphatic heterocycles. The van der Waals surface area contributed by atoms with Gasteiger partial charge >= 0.3 is 5.97 Å². The third-order valence-electron chi connectivity index (χ3n) is 3.35. The molecule has 1 N–H and O–H groups in total. The van der Waals surface area contributed by atoms with Gasteiger partial charge in [0.05, 0.1) is 0 Å². The second-order valence-corrected chi connectivity index (χ2v) is 8.43. The van der Waals surface area contributed by atoms with Crippen LogP contribution in [0.1, 0.15) is 14.5 Å².